The van der Waals surface area contributed by atoms with Gasteiger partial charge < -0.3 is 24.3 Å². The summed E-state index contributed by atoms with van der Waals surface area (Å²) in [6, 6.07) is 30.2. The average Bonchev–Trinajstić information content (AvgIpc) is 3.76. The first kappa shape index (κ1) is 34.0. The van der Waals surface area contributed by atoms with E-state index in [0.29, 0.717) is 60.1 Å². The molecule has 0 unspecified atom stereocenters. The van der Waals surface area contributed by atoms with Gasteiger partial charge in [0.25, 0.3) is 11.8 Å². The molecule has 5 aromatic rings. The Morgan fingerprint density at radius 1 is 0.885 bits per heavy atom. The summed E-state index contributed by atoms with van der Waals surface area (Å²) in [6.07, 6.45) is 2.40. The van der Waals surface area contributed by atoms with Crippen LogP contribution in [0, 0.1) is 5.92 Å². The van der Waals surface area contributed by atoms with Crippen LogP contribution in [0.25, 0.3) is 0 Å². The molecule has 2 amide bonds. The maximum Gasteiger partial charge on any atom is 0.266 e. The lowest BCUT2D eigenvalue weighted by atomic mass is 9.82. The SMILES string of the molecule is C[C@H]1[C@H]([Si](C)(C)O)[C@@H](CCn2cc(CCO)nn2)O[C@]12C(=O)N(Cc1ccc(N3C(=O)c4ccccc4Oc4ccccc43)cc1)c1ccccc12. The van der Waals surface area contributed by atoms with Gasteiger partial charge in [-0.1, -0.05) is 66.7 Å². The second-order valence-electron chi connectivity index (χ2n) is 14.4. The van der Waals surface area contributed by atoms with Crippen LogP contribution in [0.5, 0.6) is 11.5 Å². The quantitative estimate of drug-likeness (QED) is 0.169. The number of aryl methyl sites for hydroxylation is 1. The number of hydrogen-bond acceptors (Lipinski definition) is 8. The summed E-state index contributed by atoms with van der Waals surface area (Å²) in [7, 11) is -2.83. The van der Waals surface area contributed by atoms with E-state index in [2.05, 4.69) is 10.3 Å². The predicted octanol–water partition coefficient (Wildman–Crippen LogP) is 6.33. The summed E-state index contributed by atoms with van der Waals surface area (Å²) < 4.78 is 14.9. The molecule has 4 atom stereocenters. The molecule has 4 heterocycles. The van der Waals surface area contributed by atoms with Crippen molar-refractivity contribution in [3.8, 4) is 11.5 Å². The Morgan fingerprint density at radius 2 is 1.58 bits per heavy atom. The number of ether oxygens (including phenoxy) is 2. The summed E-state index contributed by atoms with van der Waals surface area (Å²) in [5.74, 6) is 0.459. The lowest BCUT2D eigenvalue weighted by Gasteiger charge is -2.32. The van der Waals surface area contributed by atoms with Crippen LogP contribution in [0.4, 0.5) is 17.1 Å². The van der Waals surface area contributed by atoms with Crippen molar-refractivity contribution in [3.63, 3.8) is 0 Å². The van der Waals surface area contributed by atoms with Crippen LogP contribution in [0.2, 0.25) is 18.6 Å². The third-order valence-corrected chi connectivity index (χ3v) is 13.2. The average molecular weight is 716 g/mol. The maximum absolute atomic E-state index is 14.8. The highest BCUT2D eigenvalue weighted by Crippen LogP contribution is 2.59. The van der Waals surface area contributed by atoms with Crippen LogP contribution in [-0.2, 0) is 34.6 Å². The Labute approximate surface area is 303 Å². The Hall–Kier alpha value is -5.14. The standard InChI is InChI=1S/C40H41N5O6Si/c1-26-37(52(2,3)49)36(20-22-43-25-28(21-23-46)41-42-43)51-40(26)31-11-5-6-12-32(31)44(39(40)48)24-27-16-18-29(19-17-27)45-33-13-7-9-15-35(33)50-34-14-8-4-10-30(34)38(45)47/h4-19,25-26,36-37,46,49H,20-24H2,1-3H3/t26-,36+,37-,40+/m0/s1. The second-order valence-corrected chi connectivity index (χ2v) is 18.4. The smallest absolute Gasteiger partial charge is 0.266 e. The van der Waals surface area contributed by atoms with Crippen LogP contribution in [-0.4, -0.2) is 57.7 Å². The van der Waals surface area contributed by atoms with Gasteiger partial charge in [-0.25, -0.2) is 0 Å². The number of nitrogens with zero attached hydrogens (tertiary/aromatic N) is 5. The third kappa shape index (κ3) is 5.62. The summed E-state index contributed by atoms with van der Waals surface area (Å²) >= 11 is 0. The Morgan fingerprint density at radius 3 is 2.33 bits per heavy atom. The minimum Gasteiger partial charge on any atom is -0.454 e. The fraction of sp³-hybridized carbons (Fsp3) is 0.300. The van der Waals surface area contributed by atoms with Crippen LogP contribution >= 0.6 is 0 Å². The van der Waals surface area contributed by atoms with E-state index in [9.17, 15) is 19.5 Å². The normalized spacial score (nSPS) is 22.3. The molecule has 0 saturated carbocycles. The summed E-state index contributed by atoms with van der Waals surface area (Å²) in [5.41, 5.74) is 3.51. The van der Waals surface area contributed by atoms with E-state index >= 15 is 0 Å². The summed E-state index contributed by atoms with van der Waals surface area (Å²) in [4.78, 5) is 43.9. The number of carbonyl (C=O) groups excluding carboxylic acids is 2. The van der Waals surface area contributed by atoms with Gasteiger partial charge in [0.2, 0.25) is 0 Å². The Kier molecular flexibility index (Phi) is 8.57. The van der Waals surface area contributed by atoms with Gasteiger partial charge in [-0.3, -0.25) is 19.2 Å². The molecule has 3 aliphatic heterocycles. The molecule has 52 heavy (non-hydrogen) atoms. The van der Waals surface area contributed by atoms with E-state index in [1.54, 1.807) is 26.6 Å². The number of para-hydroxylation sites is 4. The first-order valence-corrected chi connectivity index (χ1v) is 20.7. The third-order valence-electron chi connectivity index (χ3n) is 10.7. The topological polar surface area (TPSA) is 130 Å². The molecule has 0 radical (unpaired) electrons. The van der Waals surface area contributed by atoms with Gasteiger partial charge >= 0.3 is 0 Å². The van der Waals surface area contributed by atoms with Crippen molar-refractivity contribution >= 4 is 37.2 Å². The number of anilines is 3. The van der Waals surface area contributed by atoms with Crippen molar-refractivity contribution in [1.82, 2.24) is 15.0 Å². The Balaban J connectivity index is 1.08. The van der Waals surface area contributed by atoms with E-state index in [0.717, 1.165) is 16.8 Å². The number of aliphatic hydroxyl groups is 1. The highest BCUT2D eigenvalue weighted by atomic mass is 28.4. The van der Waals surface area contributed by atoms with Crippen molar-refractivity contribution in [3.05, 3.63) is 126 Å². The molecule has 1 aromatic heterocycles. The summed E-state index contributed by atoms with van der Waals surface area (Å²) in [6.45, 7) is 6.67. The lowest BCUT2D eigenvalue weighted by molar-refractivity contribution is -0.146. The Bertz CT molecular complexity index is 2150. The first-order chi connectivity index (χ1) is 25.1. The second kappa shape index (κ2) is 13.1. The van der Waals surface area contributed by atoms with E-state index in [-0.39, 0.29) is 36.0 Å². The van der Waals surface area contributed by atoms with Crippen LogP contribution in [0.15, 0.2) is 103 Å². The van der Waals surface area contributed by atoms with Gasteiger partial charge in [0, 0.05) is 48.5 Å². The largest absolute Gasteiger partial charge is 0.454 e. The molecule has 0 aliphatic carbocycles. The minimum atomic E-state index is -2.83. The summed E-state index contributed by atoms with van der Waals surface area (Å²) in [5, 5.41) is 17.6. The predicted molar refractivity (Wildman–Crippen MR) is 198 cm³/mol. The molecular weight excluding hydrogens is 675 g/mol. The van der Waals surface area contributed by atoms with Crippen LogP contribution < -0.4 is 14.5 Å². The minimum absolute atomic E-state index is 0.00387. The number of aliphatic hydroxyl groups excluding tert-OH is 1. The van der Waals surface area contributed by atoms with Crippen LogP contribution in [0.1, 0.15) is 40.5 Å². The van der Waals surface area contributed by atoms with Crippen molar-refractivity contribution in [2.45, 2.75) is 63.2 Å². The zero-order chi connectivity index (χ0) is 36.2. The van der Waals surface area contributed by atoms with Crippen molar-refractivity contribution in [2.75, 3.05) is 16.4 Å². The first-order valence-electron chi connectivity index (χ1n) is 17.7. The molecule has 8 rings (SSSR count). The highest BCUT2D eigenvalue weighted by Gasteiger charge is 2.66. The molecule has 1 saturated heterocycles. The molecule has 0 bridgehead atoms. The van der Waals surface area contributed by atoms with E-state index in [1.165, 1.54) is 0 Å². The molecule has 1 spiro atoms. The van der Waals surface area contributed by atoms with Crippen molar-refractivity contribution in [1.29, 1.82) is 0 Å². The number of hydrogen-bond donors (Lipinski definition) is 2. The van der Waals surface area contributed by atoms with E-state index in [1.807, 2.05) is 111 Å². The maximum atomic E-state index is 14.8. The van der Waals surface area contributed by atoms with E-state index in [4.69, 9.17) is 9.47 Å². The van der Waals surface area contributed by atoms with Gasteiger partial charge in [-0.05, 0) is 67.5 Å². The number of amides is 2. The zero-order valence-electron chi connectivity index (χ0n) is 29.3. The monoisotopic (exact) mass is 715 g/mol. The van der Waals surface area contributed by atoms with Gasteiger partial charge in [-0.15, -0.1) is 5.10 Å². The number of aromatic nitrogens is 3. The molecule has 2 N–H and O–H groups in total. The number of fused-ring (bicyclic) bond motifs is 4. The molecule has 11 nitrogen and oxygen atoms in total. The number of rotatable bonds is 9. The lowest BCUT2D eigenvalue weighted by Crippen LogP contribution is -2.46. The van der Waals surface area contributed by atoms with Gasteiger partial charge in [0.15, 0.2) is 19.7 Å². The van der Waals surface area contributed by atoms with Gasteiger partial charge in [0.1, 0.15) is 5.75 Å². The number of carbonyl (C=O) groups is 2. The van der Waals surface area contributed by atoms with Gasteiger partial charge in [-0.2, -0.15) is 0 Å². The zero-order valence-corrected chi connectivity index (χ0v) is 30.3. The fourth-order valence-corrected chi connectivity index (χ4v) is 11.0. The number of benzene rings is 4. The van der Waals surface area contributed by atoms with Crippen molar-refractivity contribution < 1.29 is 29.0 Å². The molecule has 266 valence electrons. The fourth-order valence-electron chi connectivity index (χ4n) is 8.39. The molecule has 12 heteroatoms. The van der Waals surface area contributed by atoms with Crippen LogP contribution in [0.3, 0.4) is 0 Å². The van der Waals surface area contributed by atoms with E-state index < -0.39 is 13.9 Å². The highest BCUT2D eigenvalue weighted by molar-refractivity contribution is 6.71. The molecular formula is C40H41N5O6Si. The molecule has 1 fully saturated rings. The van der Waals surface area contributed by atoms with Crippen molar-refractivity contribution in [2.24, 2.45) is 5.92 Å². The molecule has 4 aromatic carbocycles. The van der Waals surface area contributed by atoms with Gasteiger partial charge in [0.05, 0.1) is 35.3 Å². The molecule has 3 aliphatic rings.